The Morgan fingerprint density at radius 1 is 0.469 bits per heavy atom. The number of amides is 1. The maximum Gasteiger partial charge on any atom is 0.220 e. The van der Waals surface area contributed by atoms with Gasteiger partial charge in [0.15, 0.2) is 0 Å². The van der Waals surface area contributed by atoms with Crippen LogP contribution in [0.25, 0.3) is 0 Å². The minimum Gasteiger partial charge on any atom is -0.394 e. The topological polar surface area (TPSA) is 69.6 Å². The van der Waals surface area contributed by atoms with Crippen molar-refractivity contribution >= 4 is 5.91 Å². The van der Waals surface area contributed by atoms with E-state index in [9.17, 15) is 15.0 Å². The average Bonchev–Trinajstić information content (AvgIpc) is 3.10. The first kappa shape index (κ1) is 47.9. The minimum atomic E-state index is -0.838. The average molecular weight is 690 g/mol. The molecule has 2 unspecified atom stereocenters. The van der Waals surface area contributed by atoms with E-state index in [0.29, 0.717) is 6.42 Å². The van der Waals surface area contributed by atoms with Gasteiger partial charge in [-0.3, -0.25) is 4.79 Å². The molecule has 0 rings (SSSR count). The smallest absolute Gasteiger partial charge is 0.220 e. The van der Waals surface area contributed by atoms with Crippen LogP contribution in [-0.2, 0) is 4.79 Å². The van der Waals surface area contributed by atoms with Gasteiger partial charge in [-0.2, -0.15) is 0 Å². The third-order valence-corrected chi connectivity index (χ3v) is 10.2. The molecule has 0 aromatic carbocycles. The summed E-state index contributed by atoms with van der Waals surface area (Å²) in [7, 11) is 0. The van der Waals surface area contributed by atoms with Crippen molar-refractivity contribution in [1.29, 1.82) is 0 Å². The number of hydrogen-bond donors (Lipinski definition) is 3. The molecule has 0 saturated heterocycles. The molecule has 0 fully saturated rings. The zero-order valence-corrected chi connectivity index (χ0v) is 33.2. The van der Waals surface area contributed by atoms with Crippen molar-refractivity contribution < 1.29 is 15.0 Å². The molecule has 0 bridgehead atoms. The van der Waals surface area contributed by atoms with Crippen molar-refractivity contribution in [2.24, 2.45) is 0 Å². The molecule has 49 heavy (non-hydrogen) atoms. The second-order valence-electron chi connectivity index (χ2n) is 15.1. The summed E-state index contributed by atoms with van der Waals surface area (Å²) >= 11 is 0. The Bertz CT molecular complexity index is 705. The van der Waals surface area contributed by atoms with Crippen molar-refractivity contribution in [3.05, 3.63) is 24.3 Å². The van der Waals surface area contributed by atoms with Crippen molar-refractivity contribution in [1.82, 2.24) is 5.32 Å². The number of carbonyl (C=O) groups is 1. The van der Waals surface area contributed by atoms with E-state index < -0.39 is 12.1 Å². The summed E-state index contributed by atoms with van der Waals surface area (Å²) in [6, 6.07) is -0.621. The van der Waals surface area contributed by atoms with Gasteiger partial charge in [-0.15, -0.1) is 0 Å². The van der Waals surface area contributed by atoms with Crippen LogP contribution in [0, 0.1) is 0 Å². The minimum absolute atomic E-state index is 0.0675. The van der Waals surface area contributed by atoms with Crippen LogP contribution in [0.1, 0.15) is 239 Å². The van der Waals surface area contributed by atoms with Crippen LogP contribution in [0.15, 0.2) is 24.3 Å². The standard InChI is InChI=1S/C45H87NO3/c1-3-5-7-9-11-13-15-17-19-20-21-22-23-24-25-27-28-30-32-34-36-38-40-44(48)43(42-47)46-45(49)41-39-37-35-33-31-29-26-18-16-14-12-10-8-6-4-2/h14,16,38,40,43-44,47-48H,3-13,15,17-37,39,41-42H2,1-2H3,(H,46,49)/b16-14-,40-38+. The molecule has 4 nitrogen and oxygen atoms in total. The summed E-state index contributed by atoms with van der Waals surface area (Å²) in [4.78, 5) is 12.4. The van der Waals surface area contributed by atoms with Crippen LogP contribution in [0.5, 0.6) is 0 Å². The van der Waals surface area contributed by atoms with Gasteiger partial charge < -0.3 is 15.5 Å². The highest BCUT2D eigenvalue weighted by molar-refractivity contribution is 5.76. The number of aliphatic hydroxyl groups is 2. The van der Waals surface area contributed by atoms with E-state index in [-0.39, 0.29) is 12.5 Å². The van der Waals surface area contributed by atoms with Crippen molar-refractivity contribution in [3.63, 3.8) is 0 Å². The summed E-state index contributed by atoms with van der Waals surface area (Å²) < 4.78 is 0. The fraction of sp³-hybridized carbons (Fsp3) is 0.889. The first-order valence-electron chi connectivity index (χ1n) is 22.1. The molecule has 0 aliphatic carbocycles. The summed E-state index contributed by atoms with van der Waals surface area (Å²) in [5.41, 5.74) is 0. The number of hydrogen-bond acceptors (Lipinski definition) is 3. The molecule has 0 saturated carbocycles. The Morgan fingerprint density at radius 3 is 1.14 bits per heavy atom. The van der Waals surface area contributed by atoms with Gasteiger partial charge in [0, 0.05) is 6.42 Å². The maximum absolute atomic E-state index is 12.4. The van der Waals surface area contributed by atoms with Crippen LogP contribution in [-0.4, -0.2) is 34.9 Å². The predicted octanol–water partition coefficient (Wildman–Crippen LogP) is 13.6. The van der Waals surface area contributed by atoms with E-state index in [1.165, 1.54) is 193 Å². The summed E-state index contributed by atoms with van der Waals surface area (Å²) in [6.45, 7) is 4.31. The SMILES string of the molecule is CCCCCC/C=C\CCCCCCCCCC(=O)NC(CO)C(O)/C=C/CCCCCCCCCCCCCCCCCCCCCC. The first-order chi connectivity index (χ1) is 24.2. The van der Waals surface area contributed by atoms with Gasteiger partial charge in [0.2, 0.25) is 5.91 Å². The molecule has 2 atom stereocenters. The Hall–Kier alpha value is -1.13. The highest BCUT2D eigenvalue weighted by Gasteiger charge is 2.17. The van der Waals surface area contributed by atoms with Crippen LogP contribution < -0.4 is 5.32 Å². The van der Waals surface area contributed by atoms with Gasteiger partial charge in [0.05, 0.1) is 18.8 Å². The molecular formula is C45H87NO3. The molecule has 0 aliphatic heterocycles. The van der Waals surface area contributed by atoms with E-state index in [4.69, 9.17) is 0 Å². The molecular weight excluding hydrogens is 602 g/mol. The van der Waals surface area contributed by atoms with Gasteiger partial charge in [0.1, 0.15) is 0 Å². The summed E-state index contributed by atoms with van der Waals surface area (Å²) in [6.07, 6.45) is 52.8. The maximum atomic E-state index is 12.4. The second-order valence-corrected chi connectivity index (χ2v) is 15.1. The largest absolute Gasteiger partial charge is 0.394 e. The van der Waals surface area contributed by atoms with Crippen LogP contribution in [0.3, 0.4) is 0 Å². The van der Waals surface area contributed by atoms with Crippen LogP contribution in [0.2, 0.25) is 0 Å². The van der Waals surface area contributed by atoms with Crippen LogP contribution in [0.4, 0.5) is 0 Å². The number of aliphatic hydroxyl groups excluding tert-OH is 2. The Balaban J connectivity index is 3.54. The Labute approximate surface area is 307 Å². The molecule has 3 N–H and O–H groups in total. The Kier molecular flexibility index (Phi) is 40.3. The quantitative estimate of drug-likeness (QED) is 0.0443. The fourth-order valence-corrected chi connectivity index (χ4v) is 6.76. The lowest BCUT2D eigenvalue weighted by molar-refractivity contribution is -0.123. The molecule has 0 aromatic heterocycles. The predicted molar refractivity (Wildman–Crippen MR) is 216 cm³/mol. The van der Waals surface area contributed by atoms with E-state index in [2.05, 4.69) is 31.3 Å². The molecule has 0 heterocycles. The molecule has 0 spiro atoms. The molecule has 0 aromatic rings. The van der Waals surface area contributed by atoms with Gasteiger partial charge in [-0.05, 0) is 44.9 Å². The number of rotatable bonds is 40. The van der Waals surface area contributed by atoms with Gasteiger partial charge in [0.25, 0.3) is 0 Å². The second kappa shape index (κ2) is 41.3. The number of carbonyl (C=O) groups excluding carboxylic acids is 1. The van der Waals surface area contributed by atoms with Gasteiger partial charge in [-0.1, -0.05) is 212 Å². The zero-order chi connectivity index (χ0) is 35.7. The molecule has 1 amide bonds. The number of allylic oxidation sites excluding steroid dienone is 3. The van der Waals surface area contributed by atoms with Crippen LogP contribution >= 0.6 is 0 Å². The molecule has 0 radical (unpaired) electrons. The monoisotopic (exact) mass is 690 g/mol. The first-order valence-corrected chi connectivity index (χ1v) is 22.1. The van der Waals surface area contributed by atoms with E-state index >= 15 is 0 Å². The van der Waals surface area contributed by atoms with E-state index in [1.54, 1.807) is 6.08 Å². The number of nitrogens with one attached hydrogen (secondary N) is 1. The van der Waals surface area contributed by atoms with Crippen molar-refractivity contribution in [2.45, 2.75) is 251 Å². The lowest BCUT2D eigenvalue weighted by atomic mass is 10.0. The highest BCUT2D eigenvalue weighted by atomic mass is 16.3. The normalized spacial score (nSPS) is 13.1. The molecule has 290 valence electrons. The summed E-state index contributed by atoms with van der Waals surface area (Å²) in [5, 5.41) is 23.0. The lowest BCUT2D eigenvalue weighted by Crippen LogP contribution is -2.45. The highest BCUT2D eigenvalue weighted by Crippen LogP contribution is 2.16. The molecule has 4 heteroatoms. The lowest BCUT2D eigenvalue weighted by Gasteiger charge is -2.20. The van der Waals surface area contributed by atoms with Gasteiger partial charge >= 0.3 is 0 Å². The third-order valence-electron chi connectivity index (χ3n) is 10.2. The number of unbranched alkanes of at least 4 members (excludes halogenated alkanes) is 31. The zero-order valence-electron chi connectivity index (χ0n) is 33.2. The summed E-state index contributed by atoms with van der Waals surface area (Å²) in [5.74, 6) is -0.0675. The van der Waals surface area contributed by atoms with E-state index in [0.717, 1.165) is 25.7 Å². The van der Waals surface area contributed by atoms with Crippen molar-refractivity contribution in [2.75, 3.05) is 6.61 Å². The molecule has 0 aliphatic rings. The third kappa shape index (κ3) is 37.9. The van der Waals surface area contributed by atoms with Gasteiger partial charge in [-0.25, -0.2) is 0 Å². The van der Waals surface area contributed by atoms with Crippen molar-refractivity contribution in [3.8, 4) is 0 Å². The van der Waals surface area contributed by atoms with E-state index in [1.807, 2.05) is 6.08 Å². The Morgan fingerprint density at radius 2 is 0.776 bits per heavy atom. The fourth-order valence-electron chi connectivity index (χ4n) is 6.76.